The minimum atomic E-state index is -1.35. The Hall–Kier alpha value is -1.32. The van der Waals surface area contributed by atoms with Crippen LogP contribution in [0.25, 0.3) is 0 Å². The van der Waals surface area contributed by atoms with Crippen LogP contribution in [0.15, 0.2) is 30.3 Å². The largest absolute Gasteiger partial charge is 0.426 e. The van der Waals surface area contributed by atoms with E-state index >= 15 is 0 Å². The van der Waals surface area contributed by atoms with Crippen LogP contribution in [0.4, 0.5) is 0 Å². The molecule has 0 bridgehead atoms. The second-order valence-electron chi connectivity index (χ2n) is 6.60. The maximum atomic E-state index is 12.2. The summed E-state index contributed by atoms with van der Waals surface area (Å²) in [5.41, 5.74) is -1.95. The van der Waals surface area contributed by atoms with Gasteiger partial charge >= 0.3 is 5.97 Å². The quantitative estimate of drug-likeness (QED) is 0.368. The van der Waals surface area contributed by atoms with Gasteiger partial charge in [-0.05, 0) is 26.0 Å². The fourth-order valence-corrected chi connectivity index (χ4v) is 1.47. The van der Waals surface area contributed by atoms with E-state index in [4.69, 9.17) is 4.74 Å². The molecular formula is C17H22IrO4. The summed E-state index contributed by atoms with van der Waals surface area (Å²) in [5, 5.41) is 0. The van der Waals surface area contributed by atoms with Gasteiger partial charge in [0.25, 0.3) is 0 Å². The molecule has 0 aliphatic rings. The van der Waals surface area contributed by atoms with Gasteiger partial charge in [0.05, 0.1) is 6.42 Å². The summed E-state index contributed by atoms with van der Waals surface area (Å²) >= 11 is 0. The molecule has 1 rings (SSSR count). The number of ketones is 2. The van der Waals surface area contributed by atoms with Crippen LogP contribution in [-0.2, 0) is 34.5 Å². The number of benzene rings is 1. The molecule has 0 heterocycles. The Kier molecular flexibility index (Phi) is 7.33. The minimum absolute atomic E-state index is 0. The molecule has 0 aliphatic carbocycles. The fourth-order valence-electron chi connectivity index (χ4n) is 1.47. The van der Waals surface area contributed by atoms with Gasteiger partial charge in [0.1, 0.15) is 16.9 Å². The van der Waals surface area contributed by atoms with Crippen molar-refractivity contribution in [2.75, 3.05) is 0 Å². The van der Waals surface area contributed by atoms with E-state index in [1.807, 2.05) is 0 Å². The zero-order valence-electron chi connectivity index (χ0n) is 13.6. The van der Waals surface area contributed by atoms with Crippen LogP contribution in [-0.4, -0.2) is 17.5 Å². The van der Waals surface area contributed by atoms with Crippen molar-refractivity contribution in [3.63, 3.8) is 0 Å². The van der Waals surface area contributed by atoms with Crippen molar-refractivity contribution in [3.8, 4) is 5.75 Å². The molecule has 0 spiro atoms. The summed E-state index contributed by atoms with van der Waals surface area (Å²) in [5.74, 6) is -0.887. The number of Topliss-reactive ketones (excluding diaryl/α,β-unsaturated/α-hetero) is 2. The molecule has 0 fully saturated rings. The summed E-state index contributed by atoms with van der Waals surface area (Å²) in [6, 6.07) is 8.55. The average Bonchev–Trinajstić information content (AvgIpc) is 2.38. The van der Waals surface area contributed by atoms with Gasteiger partial charge in [0.15, 0.2) is 5.78 Å². The van der Waals surface area contributed by atoms with Crippen molar-refractivity contribution in [1.29, 1.82) is 0 Å². The van der Waals surface area contributed by atoms with Crippen LogP contribution in [0.1, 0.15) is 41.0 Å². The summed E-state index contributed by atoms with van der Waals surface area (Å²) in [4.78, 5) is 36.3. The standard InChI is InChI=1S/C17H22O4.Ir/c1-16(2,3)13(18)11-14(19)17(4,5)15(20)21-12-9-7-6-8-10-12;/h6-10H,11H2,1-5H3;. The third-order valence-electron chi connectivity index (χ3n) is 3.32. The molecule has 0 saturated carbocycles. The predicted octanol–water partition coefficient (Wildman–Crippen LogP) is 3.19. The van der Waals surface area contributed by atoms with Gasteiger partial charge in [-0.25, -0.2) is 0 Å². The van der Waals surface area contributed by atoms with Crippen LogP contribution in [0, 0.1) is 10.8 Å². The first-order valence-corrected chi connectivity index (χ1v) is 6.89. The Morgan fingerprint density at radius 2 is 1.41 bits per heavy atom. The molecular weight excluding hydrogens is 460 g/mol. The van der Waals surface area contributed by atoms with E-state index in [-0.39, 0.29) is 32.3 Å². The average molecular weight is 483 g/mol. The Bertz CT molecular complexity index is 542. The SMILES string of the molecule is CC(C)(C)C(=O)CC(=O)C(C)(C)C(=O)Oc1ccccc1.[Ir]. The van der Waals surface area contributed by atoms with E-state index in [2.05, 4.69) is 0 Å². The first-order chi connectivity index (χ1) is 9.55. The first kappa shape index (κ1) is 20.7. The maximum Gasteiger partial charge on any atom is 0.324 e. The molecule has 0 aliphatic heterocycles. The molecule has 0 N–H and O–H groups in total. The summed E-state index contributed by atoms with van der Waals surface area (Å²) < 4.78 is 5.20. The van der Waals surface area contributed by atoms with Crippen LogP contribution in [0.5, 0.6) is 5.75 Å². The predicted molar refractivity (Wildman–Crippen MR) is 79.9 cm³/mol. The molecule has 5 heteroatoms. The van der Waals surface area contributed by atoms with Gasteiger partial charge in [-0.15, -0.1) is 0 Å². The molecule has 0 saturated heterocycles. The Balaban J connectivity index is 0.00000441. The molecule has 22 heavy (non-hydrogen) atoms. The van der Waals surface area contributed by atoms with E-state index in [0.29, 0.717) is 5.75 Å². The van der Waals surface area contributed by atoms with Crippen molar-refractivity contribution < 1.29 is 39.2 Å². The number of hydrogen-bond acceptors (Lipinski definition) is 4. The van der Waals surface area contributed by atoms with Gasteiger partial charge in [-0.1, -0.05) is 39.0 Å². The van der Waals surface area contributed by atoms with E-state index < -0.39 is 22.6 Å². The Morgan fingerprint density at radius 3 is 1.86 bits per heavy atom. The van der Waals surface area contributed by atoms with Crippen LogP contribution in [0.3, 0.4) is 0 Å². The number of ether oxygens (including phenoxy) is 1. The monoisotopic (exact) mass is 483 g/mol. The molecule has 1 aromatic rings. The normalized spacial score (nSPS) is 11.3. The van der Waals surface area contributed by atoms with E-state index in [1.54, 1.807) is 51.1 Å². The van der Waals surface area contributed by atoms with Gasteiger partial charge < -0.3 is 4.74 Å². The third-order valence-corrected chi connectivity index (χ3v) is 3.32. The molecule has 1 radical (unpaired) electrons. The third kappa shape index (κ3) is 5.47. The van der Waals surface area contributed by atoms with Crippen molar-refractivity contribution in [2.24, 2.45) is 10.8 Å². The van der Waals surface area contributed by atoms with Gasteiger partial charge in [-0.3, -0.25) is 14.4 Å². The van der Waals surface area contributed by atoms with Crippen molar-refractivity contribution >= 4 is 17.5 Å². The second kappa shape index (κ2) is 7.80. The number of rotatable bonds is 5. The smallest absolute Gasteiger partial charge is 0.324 e. The zero-order valence-corrected chi connectivity index (χ0v) is 16.0. The Labute approximate surface area is 145 Å². The topological polar surface area (TPSA) is 60.4 Å². The fraction of sp³-hybridized carbons (Fsp3) is 0.471. The van der Waals surface area contributed by atoms with Gasteiger partial charge in [0, 0.05) is 25.5 Å². The molecule has 4 nitrogen and oxygen atoms in total. The van der Waals surface area contributed by atoms with Crippen LogP contribution < -0.4 is 4.74 Å². The summed E-state index contributed by atoms with van der Waals surface area (Å²) in [6.07, 6.45) is -0.264. The van der Waals surface area contributed by atoms with Gasteiger partial charge in [-0.2, -0.15) is 0 Å². The molecule has 1 aromatic carbocycles. The maximum absolute atomic E-state index is 12.2. The molecule has 0 atom stereocenters. The number of para-hydroxylation sites is 1. The molecule has 0 unspecified atom stereocenters. The van der Waals surface area contributed by atoms with E-state index in [9.17, 15) is 14.4 Å². The van der Waals surface area contributed by atoms with Gasteiger partial charge in [0.2, 0.25) is 0 Å². The number of carbonyl (C=O) groups excluding carboxylic acids is 3. The van der Waals surface area contributed by atoms with Crippen molar-refractivity contribution in [3.05, 3.63) is 30.3 Å². The minimum Gasteiger partial charge on any atom is -0.426 e. The van der Waals surface area contributed by atoms with E-state index in [0.717, 1.165) is 0 Å². The summed E-state index contributed by atoms with van der Waals surface area (Å²) in [7, 11) is 0. The van der Waals surface area contributed by atoms with Crippen LogP contribution in [0.2, 0.25) is 0 Å². The zero-order chi connectivity index (χ0) is 16.3. The number of esters is 1. The molecule has 0 amide bonds. The molecule has 123 valence electrons. The second-order valence-corrected chi connectivity index (χ2v) is 6.60. The van der Waals surface area contributed by atoms with Crippen molar-refractivity contribution in [2.45, 2.75) is 41.0 Å². The summed E-state index contributed by atoms with van der Waals surface area (Å²) in [6.45, 7) is 8.21. The van der Waals surface area contributed by atoms with E-state index in [1.165, 1.54) is 13.8 Å². The van der Waals surface area contributed by atoms with Crippen molar-refractivity contribution in [1.82, 2.24) is 0 Å². The first-order valence-electron chi connectivity index (χ1n) is 6.89. The van der Waals surface area contributed by atoms with Crippen LogP contribution >= 0.6 is 0 Å². The number of carbonyl (C=O) groups is 3. The Morgan fingerprint density at radius 1 is 0.909 bits per heavy atom. The number of hydrogen-bond donors (Lipinski definition) is 0. The molecule has 0 aromatic heterocycles.